The minimum Gasteiger partial charge on any atom is -0.369 e. The first-order valence-corrected chi connectivity index (χ1v) is 5.26. The Morgan fingerprint density at radius 2 is 2.12 bits per heavy atom. The van der Waals surface area contributed by atoms with E-state index in [1.807, 2.05) is 4.90 Å². The van der Waals surface area contributed by atoms with Gasteiger partial charge in [-0.05, 0) is 24.5 Å². The van der Waals surface area contributed by atoms with Crippen molar-refractivity contribution in [3.63, 3.8) is 0 Å². The second kappa shape index (κ2) is 4.09. The van der Waals surface area contributed by atoms with Crippen LogP contribution in [-0.4, -0.2) is 13.1 Å². The predicted molar refractivity (Wildman–Crippen MR) is 57.1 cm³/mol. The molecule has 0 aliphatic carbocycles. The van der Waals surface area contributed by atoms with Crippen molar-refractivity contribution in [2.75, 3.05) is 18.0 Å². The van der Waals surface area contributed by atoms with Gasteiger partial charge < -0.3 is 4.90 Å². The topological polar surface area (TPSA) is 27.0 Å². The summed E-state index contributed by atoms with van der Waals surface area (Å²) in [4.78, 5) is 1.82. The zero-order valence-corrected chi connectivity index (χ0v) is 9.00. The van der Waals surface area contributed by atoms with E-state index in [0.717, 1.165) is 19.5 Å². The third-order valence-electron chi connectivity index (χ3n) is 2.95. The minimum absolute atomic E-state index is 0.242. The molecule has 0 N–H and O–H groups in total. The van der Waals surface area contributed by atoms with Crippen LogP contribution in [0.25, 0.3) is 0 Å². The average Bonchev–Trinajstić information content (AvgIpc) is 2.69. The van der Waals surface area contributed by atoms with Crippen LogP contribution in [0.2, 0.25) is 0 Å². The van der Waals surface area contributed by atoms with Gasteiger partial charge in [-0.2, -0.15) is 5.26 Å². The molecule has 0 spiro atoms. The van der Waals surface area contributed by atoms with E-state index in [-0.39, 0.29) is 11.3 Å². The maximum Gasteiger partial charge on any atom is 0.183 e. The Bertz CT molecular complexity index is 451. The first-order valence-electron chi connectivity index (χ1n) is 5.26. The van der Waals surface area contributed by atoms with Gasteiger partial charge in [-0.1, -0.05) is 6.92 Å². The maximum absolute atomic E-state index is 13.7. The number of rotatable bonds is 1. The summed E-state index contributed by atoms with van der Waals surface area (Å²) < 4.78 is 27.0. The number of nitrogens with zero attached hydrogens (tertiary/aromatic N) is 2. The van der Waals surface area contributed by atoms with Crippen LogP contribution in [0.1, 0.15) is 18.9 Å². The van der Waals surface area contributed by atoms with Crippen molar-refractivity contribution in [3.05, 3.63) is 29.3 Å². The molecule has 1 unspecified atom stereocenters. The smallest absolute Gasteiger partial charge is 0.183 e. The van der Waals surface area contributed by atoms with Crippen LogP contribution < -0.4 is 4.90 Å². The van der Waals surface area contributed by atoms with E-state index >= 15 is 0 Å². The van der Waals surface area contributed by atoms with E-state index < -0.39 is 11.6 Å². The molecule has 4 heteroatoms. The summed E-state index contributed by atoms with van der Waals surface area (Å²) in [7, 11) is 0. The lowest BCUT2D eigenvalue weighted by Gasteiger charge is -2.19. The number of anilines is 1. The van der Waals surface area contributed by atoms with Gasteiger partial charge >= 0.3 is 0 Å². The van der Waals surface area contributed by atoms with Crippen LogP contribution in [0.4, 0.5) is 14.5 Å². The summed E-state index contributed by atoms with van der Waals surface area (Å²) in [5.41, 5.74) is 0.0225. The molecule has 1 atom stereocenters. The van der Waals surface area contributed by atoms with E-state index in [1.165, 1.54) is 12.1 Å². The van der Waals surface area contributed by atoms with E-state index in [1.54, 1.807) is 6.07 Å². The second-order valence-corrected chi connectivity index (χ2v) is 4.21. The van der Waals surface area contributed by atoms with E-state index in [9.17, 15) is 8.78 Å². The Kier molecular flexibility index (Phi) is 2.78. The highest BCUT2D eigenvalue weighted by Gasteiger charge is 2.23. The Balaban J connectivity index is 2.37. The standard InChI is InChI=1S/C12H12F2N2/c1-8-4-5-16(7-8)10-3-2-9(6-15)11(13)12(10)14/h2-3,8H,4-5,7H2,1H3. The van der Waals surface area contributed by atoms with Crippen LogP contribution in [0, 0.1) is 28.9 Å². The van der Waals surface area contributed by atoms with Gasteiger partial charge in [0.1, 0.15) is 6.07 Å². The molecule has 1 aliphatic rings. The molecular weight excluding hydrogens is 210 g/mol. The van der Waals surface area contributed by atoms with Crippen LogP contribution in [0.15, 0.2) is 12.1 Å². The van der Waals surface area contributed by atoms with E-state index in [0.29, 0.717) is 5.92 Å². The summed E-state index contributed by atoms with van der Waals surface area (Å²) in [6.45, 7) is 3.56. The molecule has 1 aromatic rings. The first kappa shape index (κ1) is 10.9. The molecule has 2 nitrogen and oxygen atoms in total. The minimum atomic E-state index is -1.04. The highest BCUT2D eigenvalue weighted by Crippen LogP contribution is 2.28. The Morgan fingerprint density at radius 1 is 1.38 bits per heavy atom. The lowest BCUT2D eigenvalue weighted by atomic mass is 10.1. The SMILES string of the molecule is CC1CCN(c2ccc(C#N)c(F)c2F)C1. The van der Waals surface area contributed by atoms with Gasteiger partial charge in [0.2, 0.25) is 0 Å². The number of benzene rings is 1. The van der Waals surface area contributed by atoms with Gasteiger partial charge in [0.15, 0.2) is 11.6 Å². The largest absolute Gasteiger partial charge is 0.369 e. The zero-order valence-electron chi connectivity index (χ0n) is 9.00. The van der Waals surface area contributed by atoms with Crippen molar-refractivity contribution in [2.45, 2.75) is 13.3 Å². The molecule has 0 bridgehead atoms. The Morgan fingerprint density at radius 3 is 2.69 bits per heavy atom. The highest BCUT2D eigenvalue weighted by atomic mass is 19.2. The first-order chi connectivity index (χ1) is 7.63. The molecule has 1 aromatic carbocycles. The van der Waals surface area contributed by atoms with E-state index in [2.05, 4.69) is 6.92 Å². The molecule has 1 aliphatic heterocycles. The number of halogens is 2. The van der Waals surface area contributed by atoms with Crippen LogP contribution in [0.3, 0.4) is 0 Å². The third kappa shape index (κ3) is 1.73. The lowest BCUT2D eigenvalue weighted by molar-refractivity contribution is 0.505. The second-order valence-electron chi connectivity index (χ2n) is 4.21. The molecule has 0 saturated carbocycles. The summed E-state index contributed by atoms with van der Waals surface area (Å²) >= 11 is 0. The predicted octanol–water partition coefficient (Wildman–Crippen LogP) is 2.68. The molecule has 0 aromatic heterocycles. The molecule has 1 saturated heterocycles. The summed E-state index contributed by atoms with van der Waals surface area (Å²) in [5, 5.41) is 8.57. The van der Waals surface area contributed by atoms with Crippen molar-refractivity contribution >= 4 is 5.69 Å². The van der Waals surface area contributed by atoms with Crippen LogP contribution >= 0.6 is 0 Å². The van der Waals surface area contributed by atoms with Crippen molar-refractivity contribution in [2.24, 2.45) is 5.92 Å². The molecule has 0 amide bonds. The fourth-order valence-corrected chi connectivity index (χ4v) is 2.02. The van der Waals surface area contributed by atoms with Crippen LogP contribution in [-0.2, 0) is 0 Å². The molecular formula is C12H12F2N2. The fraction of sp³-hybridized carbons (Fsp3) is 0.417. The quantitative estimate of drug-likeness (QED) is 0.730. The summed E-state index contributed by atoms with van der Waals surface area (Å²) in [6, 6.07) is 4.44. The van der Waals surface area contributed by atoms with Gasteiger partial charge in [0, 0.05) is 13.1 Å². The van der Waals surface area contributed by atoms with Gasteiger partial charge in [0.05, 0.1) is 11.3 Å². The highest BCUT2D eigenvalue weighted by molar-refractivity contribution is 5.52. The molecule has 1 fully saturated rings. The molecule has 84 valence electrons. The average molecular weight is 222 g/mol. The number of hydrogen-bond acceptors (Lipinski definition) is 2. The van der Waals surface area contributed by atoms with Crippen molar-refractivity contribution in [1.82, 2.24) is 0 Å². The third-order valence-corrected chi connectivity index (χ3v) is 2.95. The lowest BCUT2D eigenvalue weighted by Crippen LogP contribution is -2.20. The molecule has 1 heterocycles. The molecule has 0 radical (unpaired) electrons. The normalized spacial score (nSPS) is 19.9. The fourth-order valence-electron chi connectivity index (χ4n) is 2.02. The van der Waals surface area contributed by atoms with Gasteiger partial charge in [-0.3, -0.25) is 0 Å². The van der Waals surface area contributed by atoms with Gasteiger partial charge in [-0.15, -0.1) is 0 Å². The monoisotopic (exact) mass is 222 g/mol. The van der Waals surface area contributed by atoms with Gasteiger partial charge in [-0.25, -0.2) is 8.78 Å². The molecule has 2 rings (SSSR count). The molecule has 16 heavy (non-hydrogen) atoms. The van der Waals surface area contributed by atoms with E-state index in [4.69, 9.17) is 5.26 Å². The summed E-state index contributed by atoms with van der Waals surface area (Å²) in [6.07, 6.45) is 0.987. The Hall–Kier alpha value is -1.63. The van der Waals surface area contributed by atoms with Crippen molar-refractivity contribution < 1.29 is 8.78 Å². The van der Waals surface area contributed by atoms with Crippen molar-refractivity contribution in [1.29, 1.82) is 5.26 Å². The summed E-state index contributed by atoms with van der Waals surface area (Å²) in [5.74, 6) is -1.45. The number of nitriles is 1. The Labute approximate surface area is 93.1 Å². The number of hydrogen-bond donors (Lipinski definition) is 0. The maximum atomic E-state index is 13.7. The van der Waals surface area contributed by atoms with Crippen molar-refractivity contribution in [3.8, 4) is 6.07 Å². The van der Waals surface area contributed by atoms with Gasteiger partial charge in [0.25, 0.3) is 0 Å². The zero-order chi connectivity index (χ0) is 11.7. The van der Waals surface area contributed by atoms with Crippen LogP contribution in [0.5, 0.6) is 0 Å².